The monoisotopic (exact) mass is 436 g/mol. The number of aromatic hydroxyl groups is 1. The molecular formula is C25H24O7. The molecule has 166 valence electrons. The molecule has 0 unspecified atom stereocenters. The molecule has 0 aliphatic rings. The van der Waals surface area contributed by atoms with Crippen LogP contribution in [0.25, 0.3) is 22.3 Å². The molecule has 0 saturated carbocycles. The summed E-state index contributed by atoms with van der Waals surface area (Å²) in [4.78, 5) is 22.9. The number of carbonyl (C=O) groups is 2. The molecule has 0 bridgehead atoms. The minimum absolute atomic E-state index is 0.0315. The number of hydrogen-bond acceptors (Lipinski definition) is 7. The smallest absolute Gasteiger partial charge is 0.313 e. The predicted molar refractivity (Wildman–Crippen MR) is 118 cm³/mol. The molecule has 0 aliphatic carbocycles. The third kappa shape index (κ3) is 6.41. The molecular weight excluding hydrogens is 412 g/mol. The Labute approximate surface area is 185 Å². The molecule has 0 saturated heterocycles. The molecule has 0 radical (unpaired) electrons. The largest absolute Gasteiger partial charge is 0.508 e. The molecule has 7 heteroatoms. The zero-order valence-electron chi connectivity index (χ0n) is 17.4. The van der Waals surface area contributed by atoms with Crippen molar-refractivity contribution >= 4 is 11.9 Å². The predicted octanol–water partition coefficient (Wildman–Crippen LogP) is 3.44. The fraction of sp³-hybridized carbons (Fsp3) is 0.200. The van der Waals surface area contributed by atoms with E-state index in [1.54, 1.807) is 36.4 Å². The van der Waals surface area contributed by atoms with E-state index >= 15 is 0 Å². The zero-order valence-corrected chi connectivity index (χ0v) is 17.4. The van der Waals surface area contributed by atoms with Crippen LogP contribution in [0.1, 0.15) is 18.4 Å². The van der Waals surface area contributed by atoms with Crippen LogP contribution in [0.15, 0.2) is 66.7 Å². The molecule has 0 heterocycles. The second-order valence-corrected chi connectivity index (χ2v) is 7.07. The lowest BCUT2D eigenvalue weighted by Crippen LogP contribution is -2.09. The Balaban J connectivity index is 1.74. The minimum atomic E-state index is -0.508. The number of phenolic OH excluding ortho intramolecular Hbond substituents is 1. The van der Waals surface area contributed by atoms with E-state index in [0.29, 0.717) is 5.75 Å². The van der Waals surface area contributed by atoms with Gasteiger partial charge < -0.3 is 24.8 Å². The number of phenols is 1. The first-order valence-electron chi connectivity index (χ1n) is 10.1. The molecule has 0 fully saturated rings. The van der Waals surface area contributed by atoms with Gasteiger partial charge in [-0.1, -0.05) is 36.4 Å². The second-order valence-electron chi connectivity index (χ2n) is 7.07. The zero-order chi connectivity index (χ0) is 22.9. The molecule has 7 nitrogen and oxygen atoms in total. The maximum absolute atomic E-state index is 11.5. The lowest BCUT2D eigenvalue weighted by atomic mass is 9.98. The Morgan fingerprint density at radius 1 is 0.688 bits per heavy atom. The molecule has 32 heavy (non-hydrogen) atoms. The Kier molecular flexibility index (Phi) is 7.96. The van der Waals surface area contributed by atoms with Crippen molar-refractivity contribution in [2.45, 2.75) is 19.4 Å². The lowest BCUT2D eigenvalue weighted by molar-refractivity contribution is -0.145. The summed E-state index contributed by atoms with van der Waals surface area (Å²) in [7, 11) is 0. The standard InChI is InChI=1S/C25H24O7/c26-11-9-24(29)31-16-17-1-3-18(4-2-17)20-13-21(15-22(28)14-20)19-5-7-23(8-6-19)32-25(30)10-12-27/h1-8,13-15,26-28H,9-12,16H2. The van der Waals surface area contributed by atoms with Gasteiger partial charge in [0.25, 0.3) is 0 Å². The van der Waals surface area contributed by atoms with Crippen molar-refractivity contribution < 1.29 is 34.4 Å². The summed E-state index contributed by atoms with van der Waals surface area (Å²) in [5.41, 5.74) is 4.11. The van der Waals surface area contributed by atoms with E-state index in [2.05, 4.69) is 0 Å². The van der Waals surface area contributed by atoms with Crippen LogP contribution < -0.4 is 4.74 Å². The van der Waals surface area contributed by atoms with Crippen molar-refractivity contribution in [3.63, 3.8) is 0 Å². The van der Waals surface area contributed by atoms with Crippen LogP contribution in [0.4, 0.5) is 0 Å². The summed E-state index contributed by atoms with van der Waals surface area (Å²) in [5.74, 6) is -0.476. The third-order valence-electron chi connectivity index (χ3n) is 4.66. The first kappa shape index (κ1) is 23.0. The molecule has 0 atom stereocenters. The summed E-state index contributed by atoms with van der Waals surface area (Å²) >= 11 is 0. The van der Waals surface area contributed by atoms with Crippen LogP contribution in [0.5, 0.6) is 11.5 Å². The number of esters is 2. The topological polar surface area (TPSA) is 113 Å². The van der Waals surface area contributed by atoms with Crippen molar-refractivity contribution in [2.24, 2.45) is 0 Å². The normalized spacial score (nSPS) is 10.6. The van der Waals surface area contributed by atoms with E-state index in [1.165, 1.54) is 0 Å². The molecule has 3 rings (SSSR count). The van der Waals surface area contributed by atoms with Gasteiger partial charge in [-0.15, -0.1) is 0 Å². The van der Waals surface area contributed by atoms with Crippen molar-refractivity contribution in [3.8, 4) is 33.8 Å². The third-order valence-corrected chi connectivity index (χ3v) is 4.66. The number of benzene rings is 3. The van der Waals surface area contributed by atoms with Gasteiger partial charge >= 0.3 is 11.9 Å². The van der Waals surface area contributed by atoms with E-state index in [9.17, 15) is 14.7 Å². The lowest BCUT2D eigenvalue weighted by Gasteiger charge is -2.10. The highest BCUT2D eigenvalue weighted by molar-refractivity contribution is 5.76. The summed E-state index contributed by atoms with van der Waals surface area (Å²) in [6.07, 6.45) is -0.0994. The number of ether oxygens (including phenoxy) is 2. The molecule has 0 aromatic heterocycles. The SMILES string of the molecule is O=C(CCO)OCc1ccc(-c2cc(O)cc(-c3ccc(OC(=O)CCO)cc3)c2)cc1. The average molecular weight is 436 g/mol. The maximum atomic E-state index is 11.5. The maximum Gasteiger partial charge on any atom is 0.313 e. The minimum Gasteiger partial charge on any atom is -0.508 e. The van der Waals surface area contributed by atoms with Gasteiger partial charge in [-0.05, 0) is 58.1 Å². The molecule has 3 aromatic rings. The average Bonchev–Trinajstić information content (AvgIpc) is 2.78. The second kappa shape index (κ2) is 11.1. The fourth-order valence-corrected chi connectivity index (χ4v) is 3.05. The number of aliphatic hydroxyl groups excluding tert-OH is 2. The van der Waals surface area contributed by atoms with Gasteiger partial charge in [-0.2, -0.15) is 0 Å². The number of aliphatic hydroxyl groups is 2. The van der Waals surface area contributed by atoms with E-state index in [1.807, 2.05) is 30.3 Å². The molecule has 3 aromatic carbocycles. The van der Waals surface area contributed by atoms with Crippen LogP contribution in [0.2, 0.25) is 0 Å². The van der Waals surface area contributed by atoms with E-state index in [-0.39, 0.29) is 38.4 Å². The van der Waals surface area contributed by atoms with Crippen molar-refractivity contribution in [1.29, 1.82) is 0 Å². The van der Waals surface area contributed by atoms with Gasteiger partial charge in [0, 0.05) is 0 Å². The number of rotatable bonds is 9. The van der Waals surface area contributed by atoms with Crippen LogP contribution in [-0.2, 0) is 20.9 Å². The molecule has 0 spiro atoms. The van der Waals surface area contributed by atoms with Crippen molar-refractivity contribution in [1.82, 2.24) is 0 Å². The van der Waals surface area contributed by atoms with E-state index in [4.69, 9.17) is 19.7 Å². The van der Waals surface area contributed by atoms with Gasteiger partial charge in [0.15, 0.2) is 0 Å². The summed E-state index contributed by atoms with van der Waals surface area (Å²) in [5, 5.41) is 27.8. The van der Waals surface area contributed by atoms with E-state index < -0.39 is 11.9 Å². The number of hydrogen-bond donors (Lipinski definition) is 3. The van der Waals surface area contributed by atoms with Gasteiger partial charge in [-0.3, -0.25) is 9.59 Å². The molecule has 0 aliphatic heterocycles. The Morgan fingerprint density at radius 2 is 1.22 bits per heavy atom. The fourth-order valence-electron chi connectivity index (χ4n) is 3.05. The van der Waals surface area contributed by atoms with E-state index in [0.717, 1.165) is 27.8 Å². The summed E-state index contributed by atoms with van der Waals surface area (Å²) < 4.78 is 10.2. The first-order valence-corrected chi connectivity index (χ1v) is 10.1. The Bertz CT molecular complexity index is 1060. The van der Waals surface area contributed by atoms with Gasteiger partial charge in [0.1, 0.15) is 18.1 Å². The Morgan fingerprint density at radius 3 is 1.78 bits per heavy atom. The highest BCUT2D eigenvalue weighted by Gasteiger charge is 2.08. The van der Waals surface area contributed by atoms with Crippen molar-refractivity contribution in [2.75, 3.05) is 13.2 Å². The van der Waals surface area contributed by atoms with Crippen LogP contribution in [-0.4, -0.2) is 40.5 Å². The van der Waals surface area contributed by atoms with Crippen molar-refractivity contribution in [3.05, 3.63) is 72.3 Å². The molecule has 0 amide bonds. The van der Waals surface area contributed by atoms with Gasteiger partial charge in [-0.25, -0.2) is 0 Å². The van der Waals surface area contributed by atoms with Crippen LogP contribution >= 0.6 is 0 Å². The highest BCUT2D eigenvalue weighted by Crippen LogP contribution is 2.32. The highest BCUT2D eigenvalue weighted by atomic mass is 16.5. The Hall–Kier alpha value is -3.68. The van der Waals surface area contributed by atoms with Crippen LogP contribution in [0, 0.1) is 0 Å². The summed E-state index contributed by atoms with van der Waals surface area (Å²) in [6, 6.07) is 19.5. The number of carbonyl (C=O) groups excluding carboxylic acids is 2. The van der Waals surface area contributed by atoms with Gasteiger partial charge in [0.2, 0.25) is 0 Å². The summed E-state index contributed by atoms with van der Waals surface area (Å²) in [6.45, 7) is -0.381. The molecule has 3 N–H and O–H groups in total. The van der Waals surface area contributed by atoms with Gasteiger partial charge in [0.05, 0.1) is 26.1 Å². The quantitative estimate of drug-likeness (QED) is 0.348. The first-order chi connectivity index (χ1) is 15.5. The van der Waals surface area contributed by atoms with Crippen LogP contribution in [0.3, 0.4) is 0 Å².